The van der Waals surface area contributed by atoms with Gasteiger partial charge in [0, 0.05) is 23.4 Å². The third-order valence-corrected chi connectivity index (χ3v) is 6.17. The summed E-state index contributed by atoms with van der Waals surface area (Å²) in [5, 5.41) is 16.2. The Hall–Kier alpha value is -3.34. The molecule has 2 aromatic carbocycles. The number of rotatable bonds is 5. The first kappa shape index (κ1) is 25.3. The quantitative estimate of drug-likeness (QED) is 0.167. The van der Waals surface area contributed by atoms with Crippen molar-refractivity contribution in [1.82, 2.24) is 10.2 Å². The number of amides is 2. The van der Waals surface area contributed by atoms with E-state index in [1.807, 2.05) is 37.3 Å². The van der Waals surface area contributed by atoms with E-state index in [4.69, 9.17) is 12.2 Å². The van der Waals surface area contributed by atoms with E-state index >= 15 is 0 Å². The number of nitrogens with two attached hydrogens (primary N) is 1. The van der Waals surface area contributed by atoms with Crippen molar-refractivity contribution in [3.63, 3.8) is 0 Å². The lowest BCUT2D eigenvalue weighted by molar-refractivity contribution is -0.655. The van der Waals surface area contributed by atoms with Gasteiger partial charge in [-0.15, -0.1) is 0 Å². The van der Waals surface area contributed by atoms with Crippen molar-refractivity contribution in [2.24, 2.45) is 0 Å². The third-order valence-electron chi connectivity index (χ3n) is 5.87. The standard InChI is InChI=1S/C23H23N5O4S.ClH/c1-15(16-5-3-2-4-6-16)27-22(30)19(21(29)25-23(27)33)14-17-13-18(28(31)32)7-8-20(17)26-11-9-24-10-12-26;/h2-8,13-15,24H,9-12H2,1H3,(H,25,29,33);1H/b19-14-;. The van der Waals surface area contributed by atoms with Crippen LogP contribution < -0.4 is 27.9 Å². The molecule has 2 heterocycles. The molecule has 4 rings (SSSR count). The van der Waals surface area contributed by atoms with Gasteiger partial charge in [-0.3, -0.25) is 29.9 Å². The molecule has 178 valence electrons. The van der Waals surface area contributed by atoms with Crippen molar-refractivity contribution >= 4 is 46.6 Å². The van der Waals surface area contributed by atoms with Gasteiger partial charge in [-0.1, -0.05) is 30.3 Å². The first-order valence-corrected chi connectivity index (χ1v) is 11.1. The molecular formula is C23H24ClN5O4S. The lowest BCUT2D eigenvalue weighted by atomic mass is 10.0. The Morgan fingerprint density at radius 2 is 1.82 bits per heavy atom. The SMILES string of the molecule is CC(c1ccccc1)N1C(=O)/C(=C\c2cc([N+](=O)[O-])ccc2N2CC[NH2+]CC2)C(=O)NC1=S.[Cl-]. The molecule has 2 fully saturated rings. The topological polar surface area (TPSA) is 112 Å². The van der Waals surface area contributed by atoms with Crippen LogP contribution in [0.4, 0.5) is 11.4 Å². The minimum Gasteiger partial charge on any atom is -1.00 e. The number of anilines is 1. The van der Waals surface area contributed by atoms with Crippen molar-refractivity contribution in [2.75, 3.05) is 31.1 Å². The number of nitro groups is 1. The van der Waals surface area contributed by atoms with E-state index in [1.165, 1.54) is 23.1 Å². The van der Waals surface area contributed by atoms with Crippen molar-refractivity contribution in [2.45, 2.75) is 13.0 Å². The van der Waals surface area contributed by atoms with E-state index in [1.54, 1.807) is 6.07 Å². The fourth-order valence-corrected chi connectivity index (χ4v) is 4.44. The number of nitrogens with zero attached hydrogens (tertiary/aromatic N) is 3. The Bertz CT molecular complexity index is 1150. The summed E-state index contributed by atoms with van der Waals surface area (Å²) in [5.74, 6) is -1.16. The van der Waals surface area contributed by atoms with Crippen LogP contribution in [-0.4, -0.2) is 52.9 Å². The number of thiocarbonyl (C=S) groups is 1. The van der Waals surface area contributed by atoms with Gasteiger partial charge in [0.1, 0.15) is 5.57 Å². The Morgan fingerprint density at radius 3 is 2.47 bits per heavy atom. The fraction of sp³-hybridized carbons (Fsp3) is 0.261. The molecule has 9 nitrogen and oxygen atoms in total. The van der Waals surface area contributed by atoms with Crippen LogP contribution in [0.15, 0.2) is 54.1 Å². The Labute approximate surface area is 208 Å². The normalized spacial score (nSPS) is 18.4. The highest BCUT2D eigenvalue weighted by atomic mass is 35.5. The Balaban J connectivity index is 0.00000324. The van der Waals surface area contributed by atoms with Crippen LogP contribution in [0.25, 0.3) is 6.08 Å². The number of carbonyl (C=O) groups is 2. The number of carbonyl (C=O) groups excluding carboxylic acids is 2. The molecule has 2 aliphatic heterocycles. The summed E-state index contributed by atoms with van der Waals surface area (Å²) < 4.78 is 0. The van der Waals surface area contributed by atoms with Gasteiger partial charge < -0.3 is 22.6 Å². The summed E-state index contributed by atoms with van der Waals surface area (Å²) >= 11 is 5.30. The molecule has 0 saturated carbocycles. The zero-order valence-electron chi connectivity index (χ0n) is 18.4. The van der Waals surface area contributed by atoms with E-state index in [0.717, 1.165) is 37.4 Å². The van der Waals surface area contributed by atoms with Crippen molar-refractivity contribution in [3.8, 4) is 0 Å². The summed E-state index contributed by atoms with van der Waals surface area (Å²) in [5.41, 5.74) is 1.84. The molecule has 34 heavy (non-hydrogen) atoms. The minimum atomic E-state index is -0.619. The molecule has 2 aliphatic rings. The lowest BCUT2D eigenvalue weighted by Crippen LogP contribution is -3.00. The molecule has 0 aromatic heterocycles. The lowest BCUT2D eigenvalue weighted by Gasteiger charge is -2.34. The molecule has 2 saturated heterocycles. The predicted octanol–water partition coefficient (Wildman–Crippen LogP) is -1.63. The van der Waals surface area contributed by atoms with Crippen LogP contribution in [0.2, 0.25) is 0 Å². The van der Waals surface area contributed by atoms with E-state index < -0.39 is 22.8 Å². The molecule has 3 N–H and O–H groups in total. The maximum Gasteiger partial charge on any atom is 0.270 e. The van der Waals surface area contributed by atoms with Gasteiger partial charge in [0.25, 0.3) is 17.5 Å². The molecule has 11 heteroatoms. The van der Waals surface area contributed by atoms with Crippen molar-refractivity contribution in [3.05, 3.63) is 75.3 Å². The first-order valence-electron chi connectivity index (χ1n) is 10.7. The molecule has 0 spiro atoms. The van der Waals surface area contributed by atoms with Crippen molar-refractivity contribution in [1.29, 1.82) is 0 Å². The Kier molecular flexibility index (Phi) is 7.98. The number of nitrogens with one attached hydrogen (secondary N) is 1. The number of nitro benzene ring substituents is 1. The Morgan fingerprint density at radius 1 is 1.15 bits per heavy atom. The molecular weight excluding hydrogens is 478 g/mol. The third kappa shape index (κ3) is 5.09. The maximum absolute atomic E-state index is 13.4. The second-order valence-corrected chi connectivity index (χ2v) is 8.32. The number of quaternary nitrogens is 1. The van der Waals surface area contributed by atoms with E-state index in [2.05, 4.69) is 15.5 Å². The monoisotopic (exact) mass is 501 g/mol. The number of non-ortho nitro benzene ring substituents is 1. The number of halogens is 1. The van der Waals surface area contributed by atoms with E-state index in [-0.39, 0.29) is 28.8 Å². The maximum atomic E-state index is 13.4. The van der Waals surface area contributed by atoms with E-state index in [9.17, 15) is 19.7 Å². The van der Waals surface area contributed by atoms with Gasteiger partial charge in [0.2, 0.25) is 0 Å². The van der Waals surface area contributed by atoms with Crippen LogP contribution in [0.1, 0.15) is 24.1 Å². The minimum absolute atomic E-state index is 0. The highest BCUT2D eigenvalue weighted by Crippen LogP contribution is 2.30. The van der Waals surface area contributed by atoms with Gasteiger partial charge >= 0.3 is 0 Å². The second-order valence-electron chi connectivity index (χ2n) is 7.93. The van der Waals surface area contributed by atoms with Crippen molar-refractivity contribution < 1.29 is 32.2 Å². The van der Waals surface area contributed by atoms with Gasteiger partial charge in [-0.25, -0.2) is 0 Å². The zero-order valence-corrected chi connectivity index (χ0v) is 20.0. The number of hydrogen-bond donors (Lipinski definition) is 2. The van der Waals surface area contributed by atoms with Gasteiger partial charge in [0.05, 0.1) is 37.1 Å². The molecule has 0 bridgehead atoms. The number of piperazine rings is 1. The van der Waals surface area contributed by atoms with Crippen LogP contribution in [-0.2, 0) is 9.59 Å². The molecule has 1 atom stereocenters. The highest BCUT2D eigenvalue weighted by Gasteiger charge is 2.37. The predicted molar refractivity (Wildman–Crippen MR) is 127 cm³/mol. The molecule has 1 unspecified atom stereocenters. The van der Waals surface area contributed by atoms with Gasteiger partial charge in [-0.05, 0) is 36.8 Å². The number of hydrogen-bond acceptors (Lipinski definition) is 6. The summed E-state index contributed by atoms with van der Waals surface area (Å²) in [6.45, 7) is 5.13. The van der Waals surface area contributed by atoms with Gasteiger partial charge in [-0.2, -0.15) is 0 Å². The van der Waals surface area contributed by atoms with Crippen LogP contribution >= 0.6 is 12.2 Å². The fourth-order valence-electron chi connectivity index (χ4n) is 4.11. The molecule has 2 amide bonds. The summed E-state index contributed by atoms with van der Waals surface area (Å²) in [7, 11) is 0. The average molecular weight is 502 g/mol. The first-order chi connectivity index (χ1) is 15.9. The van der Waals surface area contributed by atoms with Crippen LogP contribution in [0.3, 0.4) is 0 Å². The van der Waals surface area contributed by atoms with Crippen LogP contribution in [0.5, 0.6) is 0 Å². The highest BCUT2D eigenvalue weighted by molar-refractivity contribution is 7.80. The largest absolute Gasteiger partial charge is 1.00 e. The summed E-state index contributed by atoms with van der Waals surface area (Å²) in [4.78, 5) is 40.6. The molecule has 0 aliphatic carbocycles. The van der Waals surface area contributed by atoms with Gasteiger partial charge in [0.15, 0.2) is 5.11 Å². The molecule has 0 radical (unpaired) electrons. The zero-order chi connectivity index (χ0) is 23.5. The second kappa shape index (κ2) is 10.7. The molecule has 2 aromatic rings. The average Bonchev–Trinajstić information content (AvgIpc) is 2.82. The number of benzene rings is 2. The van der Waals surface area contributed by atoms with Crippen LogP contribution in [0, 0.1) is 10.1 Å². The summed E-state index contributed by atoms with van der Waals surface area (Å²) in [6, 6.07) is 13.5. The summed E-state index contributed by atoms with van der Waals surface area (Å²) in [6.07, 6.45) is 1.44. The smallest absolute Gasteiger partial charge is 0.270 e. The van der Waals surface area contributed by atoms with E-state index in [0.29, 0.717) is 5.56 Å².